The predicted octanol–water partition coefficient (Wildman–Crippen LogP) is 5.66. The van der Waals surface area contributed by atoms with Crippen LogP contribution in [-0.4, -0.2) is 33.7 Å². The highest BCUT2D eigenvalue weighted by atomic mass is 19.1. The number of rotatable bonds is 9. The van der Waals surface area contributed by atoms with Crippen molar-refractivity contribution in [1.82, 2.24) is 14.7 Å². The first-order chi connectivity index (χ1) is 16.3. The van der Waals surface area contributed by atoms with E-state index in [1.54, 1.807) is 23.9 Å². The number of carbonyl (C=O) groups is 1. The fourth-order valence-electron chi connectivity index (χ4n) is 3.84. The third kappa shape index (κ3) is 4.90. The van der Waals surface area contributed by atoms with E-state index in [9.17, 15) is 13.6 Å². The summed E-state index contributed by atoms with van der Waals surface area (Å²) in [5.74, 6) is -0.493. The molecule has 1 aliphatic rings. The van der Waals surface area contributed by atoms with Crippen molar-refractivity contribution in [3.8, 4) is 23.1 Å². The minimum atomic E-state index is -0.818. The maximum absolute atomic E-state index is 14.5. The first-order valence-electron chi connectivity index (χ1n) is 11.5. The number of aryl methyl sites for hydroxylation is 1. The molecule has 34 heavy (non-hydrogen) atoms. The second-order valence-corrected chi connectivity index (χ2v) is 8.70. The zero-order valence-electron chi connectivity index (χ0n) is 19.8. The van der Waals surface area contributed by atoms with E-state index < -0.39 is 11.6 Å². The van der Waals surface area contributed by atoms with Gasteiger partial charge >= 0.3 is 0 Å². The summed E-state index contributed by atoms with van der Waals surface area (Å²) in [6.45, 7) is 6.19. The van der Waals surface area contributed by atoms with Crippen molar-refractivity contribution in [2.24, 2.45) is 5.92 Å². The molecule has 3 aromatic rings. The van der Waals surface area contributed by atoms with Gasteiger partial charge < -0.3 is 14.4 Å². The number of hydrogen-bond donors (Lipinski definition) is 0. The summed E-state index contributed by atoms with van der Waals surface area (Å²) in [4.78, 5) is 14.8. The molecule has 0 unspecified atom stereocenters. The molecule has 1 saturated carbocycles. The molecule has 1 fully saturated rings. The van der Waals surface area contributed by atoms with Gasteiger partial charge in [0.05, 0.1) is 30.6 Å². The molecule has 1 aliphatic carbocycles. The first-order valence-corrected chi connectivity index (χ1v) is 11.5. The highest BCUT2D eigenvalue weighted by Crippen LogP contribution is 2.36. The molecule has 0 N–H and O–H groups in total. The number of methoxy groups -OCH3 is 1. The van der Waals surface area contributed by atoms with Crippen molar-refractivity contribution < 1.29 is 23.0 Å². The quantitative estimate of drug-likeness (QED) is 0.406. The standard InChI is InChI=1S/C26H29F2N3O3/c1-5-23-21(15-30(16(2)3)25(32)17-6-7-17)26(34-24-13-8-18(27)14-22(24)28)31(29-23)19-9-11-20(33-4)12-10-19/h8-14,16-17H,5-7,15H2,1-4H3. The van der Waals surface area contributed by atoms with E-state index in [4.69, 9.17) is 14.6 Å². The normalized spacial score (nSPS) is 13.3. The van der Waals surface area contributed by atoms with E-state index in [1.807, 2.05) is 37.8 Å². The number of nitrogens with zero attached hydrogens (tertiary/aromatic N) is 3. The Morgan fingerprint density at radius 1 is 1.18 bits per heavy atom. The average molecular weight is 470 g/mol. The highest BCUT2D eigenvalue weighted by Gasteiger charge is 2.36. The van der Waals surface area contributed by atoms with Gasteiger partial charge in [-0.2, -0.15) is 5.10 Å². The van der Waals surface area contributed by atoms with Crippen LogP contribution in [0.4, 0.5) is 8.78 Å². The topological polar surface area (TPSA) is 56.6 Å². The van der Waals surface area contributed by atoms with Gasteiger partial charge in [-0.05, 0) is 69.5 Å². The summed E-state index contributed by atoms with van der Waals surface area (Å²) in [7, 11) is 1.58. The second-order valence-electron chi connectivity index (χ2n) is 8.70. The number of halogens is 2. The lowest BCUT2D eigenvalue weighted by Gasteiger charge is -2.27. The summed E-state index contributed by atoms with van der Waals surface area (Å²) in [5, 5.41) is 4.75. The van der Waals surface area contributed by atoms with E-state index in [2.05, 4.69) is 0 Å². The Bertz CT molecular complexity index is 1170. The lowest BCUT2D eigenvalue weighted by molar-refractivity contribution is -0.134. The summed E-state index contributed by atoms with van der Waals surface area (Å²) < 4.78 is 40.9. The zero-order chi connectivity index (χ0) is 24.4. The molecular formula is C26H29F2N3O3. The van der Waals surface area contributed by atoms with Gasteiger partial charge in [0.25, 0.3) is 0 Å². The molecule has 0 radical (unpaired) electrons. The Labute approximate surface area is 198 Å². The number of benzene rings is 2. The number of hydrogen-bond acceptors (Lipinski definition) is 4. The molecular weight excluding hydrogens is 440 g/mol. The van der Waals surface area contributed by atoms with Crippen LogP contribution in [0.25, 0.3) is 5.69 Å². The van der Waals surface area contributed by atoms with Crippen LogP contribution in [0.15, 0.2) is 42.5 Å². The van der Waals surface area contributed by atoms with Crippen LogP contribution in [0.5, 0.6) is 17.4 Å². The van der Waals surface area contributed by atoms with E-state index in [0.717, 1.165) is 30.7 Å². The molecule has 1 heterocycles. The molecule has 0 bridgehead atoms. The van der Waals surface area contributed by atoms with Crippen LogP contribution < -0.4 is 9.47 Å². The van der Waals surface area contributed by atoms with Crippen molar-refractivity contribution in [1.29, 1.82) is 0 Å². The Hall–Kier alpha value is -3.42. The average Bonchev–Trinajstić information content (AvgIpc) is 3.61. The fraction of sp³-hybridized carbons (Fsp3) is 0.385. The lowest BCUT2D eigenvalue weighted by atomic mass is 10.1. The number of ether oxygens (including phenoxy) is 2. The smallest absolute Gasteiger partial charge is 0.228 e. The van der Waals surface area contributed by atoms with E-state index in [1.165, 1.54) is 6.07 Å². The van der Waals surface area contributed by atoms with Crippen molar-refractivity contribution in [3.63, 3.8) is 0 Å². The van der Waals surface area contributed by atoms with E-state index >= 15 is 0 Å². The monoisotopic (exact) mass is 469 g/mol. The minimum Gasteiger partial charge on any atom is -0.497 e. The molecule has 0 spiro atoms. The summed E-state index contributed by atoms with van der Waals surface area (Å²) in [6, 6.07) is 10.4. The molecule has 0 saturated heterocycles. The van der Waals surface area contributed by atoms with E-state index in [0.29, 0.717) is 29.3 Å². The SMILES string of the molecule is CCc1nn(-c2ccc(OC)cc2)c(Oc2ccc(F)cc2F)c1CN(C(=O)C1CC1)C(C)C. The fourth-order valence-corrected chi connectivity index (χ4v) is 3.84. The lowest BCUT2D eigenvalue weighted by Crippen LogP contribution is -2.37. The third-order valence-corrected chi connectivity index (χ3v) is 5.93. The molecule has 0 atom stereocenters. The van der Waals surface area contributed by atoms with Crippen molar-refractivity contribution in [3.05, 3.63) is 65.4 Å². The maximum Gasteiger partial charge on any atom is 0.228 e. The first kappa shape index (κ1) is 23.7. The summed E-state index contributed by atoms with van der Waals surface area (Å²) >= 11 is 0. The number of carbonyl (C=O) groups excluding carboxylic acids is 1. The Kier molecular flexibility index (Phi) is 6.86. The van der Waals surface area contributed by atoms with Gasteiger partial charge in [-0.15, -0.1) is 0 Å². The zero-order valence-corrected chi connectivity index (χ0v) is 19.8. The Balaban J connectivity index is 1.82. The summed E-state index contributed by atoms with van der Waals surface area (Å²) in [6.07, 6.45) is 2.39. The van der Waals surface area contributed by atoms with Gasteiger partial charge in [0.15, 0.2) is 11.6 Å². The van der Waals surface area contributed by atoms with Gasteiger partial charge in [0.1, 0.15) is 11.6 Å². The van der Waals surface area contributed by atoms with Crippen molar-refractivity contribution in [2.45, 2.75) is 52.6 Å². The third-order valence-electron chi connectivity index (χ3n) is 5.93. The van der Waals surface area contributed by atoms with Crippen LogP contribution in [0.3, 0.4) is 0 Å². The molecule has 2 aromatic carbocycles. The molecule has 1 amide bonds. The highest BCUT2D eigenvalue weighted by molar-refractivity contribution is 5.81. The van der Waals surface area contributed by atoms with Crippen LogP contribution in [0, 0.1) is 17.6 Å². The van der Waals surface area contributed by atoms with Crippen molar-refractivity contribution >= 4 is 5.91 Å². The Morgan fingerprint density at radius 3 is 2.44 bits per heavy atom. The summed E-state index contributed by atoms with van der Waals surface area (Å²) in [5.41, 5.74) is 2.12. The van der Waals surface area contributed by atoms with Gasteiger partial charge in [-0.1, -0.05) is 6.92 Å². The van der Waals surface area contributed by atoms with Crippen LogP contribution in [0.2, 0.25) is 0 Å². The van der Waals surface area contributed by atoms with Gasteiger partial charge in [0.2, 0.25) is 11.8 Å². The van der Waals surface area contributed by atoms with E-state index in [-0.39, 0.29) is 30.2 Å². The van der Waals surface area contributed by atoms with Gasteiger partial charge in [-0.3, -0.25) is 4.79 Å². The molecule has 4 rings (SSSR count). The molecule has 0 aliphatic heterocycles. The maximum atomic E-state index is 14.5. The molecule has 8 heteroatoms. The van der Waals surface area contributed by atoms with Crippen LogP contribution >= 0.6 is 0 Å². The Morgan fingerprint density at radius 2 is 1.88 bits per heavy atom. The van der Waals surface area contributed by atoms with Crippen LogP contribution in [-0.2, 0) is 17.8 Å². The minimum absolute atomic E-state index is 0.0300. The predicted molar refractivity (Wildman–Crippen MR) is 124 cm³/mol. The van der Waals surface area contributed by atoms with Gasteiger partial charge in [0, 0.05) is 18.0 Å². The molecule has 1 aromatic heterocycles. The molecule has 180 valence electrons. The van der Waals surface area contributed by atoms with Crippen LogP contribution in [0.1, 0.15) is 44.9 Å². The van der Waals surface area contributed by atoms with Gasteiger partial charge in [-0.25, -0.2) is 13.5 Å². The number of amides is 1. The second kappa shape index (κ2) is 9.83. The van der Waals surface area contributed by atoms with Crippen molar-refractivity contribution in [2.75, 3.05) is 7.11 Å². The number of aromatic nitrogens is 2. The largest absolute Gasteiger partial charge is 0.497 e. The molecule has 6 nitrogen and oxygen atoms in total.